The largest absolute Gasteiger partial charge is 0.395 e. The summed E-state index contributed by atoms with van der Waals surface area (Å²) < 4.78 is 37.4. The lowest BCUT2D eigenvalue weighted by Gasteiger charge is -2.38. The average Bonchev–Trinajstić information content (AvgIpc) is 2.24. The van der Waals surface area contributed by atoms with E-state index in [9.17, 15) is 13.2 Å². The van der Waals surface area contributed by atoms with E-state index in [2.05, 4.69) is 10.2 Å². The maximum absolute atomic E-state index is 12.5. The van der Waals surface area contributed by atoms with Gasteiger partial charge in [-0.2, -0.15) is 13.2 Å². The summed E-state index contributed by atoms with van der Waals surface area (Å²) >= 11 is 0. The van der Waals surface area contributed by atoms with Gasteiger partial charge in [0.2, 0.25) is 0 Å². The molecule has 1 rings (SSSR count). The third kappa shape index (κ3) is 6.02. The summed E-state index contributed by atoms with van der Waals surface area (Å²) in [5, 5.41) is 11.9. The standard InChI is InChI=1S/C12H23F3N2O/c1-2-4-17-8-10(7-12(13,14)15)6-11(9-17)16-3-5-18/h10-11,16,18H,2-9H2,1H3. The van der Waals surface area contributed by atoms with Crippen molar-refractivity contribution in [2.45, 2.75) is 38.4 Å². The first-order valence-corrected chi connectivity index (χ1v) is 6.58. The van der Waals surface area contributed by atoms with Gasteiger partial charge < -0.3 is 15.3 Å². The zero-order valence-electron chi connectivity index (χ0n) is 10.8. The van der Waals surface area contributed by atoms with Gasteiger partial charge in [-0.3, -0.25) is 0 Å². The maximum atomic E-state index is 12.5. The summed E-state index contributed by atoms with van der Waals surface area (Å²) in [6.07, 6.45) is -3.29. The van der Waals surface area contributed by atoms with Crippen molar-refractivity contribution < 1.29 is 18.3 Å². The van der Waals surface area contributed by atoms with Crippen LogP contribution in [0.4, 0.5) is 13.2 Å². The fourth-order valence-corrected chi connectivity index (χ4v) is 2.69. The quantitative estimate of drug-likeness (QED) is 0.768. The van der Waals surface area contributed by atoms with Crippen molar-refractivity contribution >= 4 is 0 Å². The highest BCUT2D eigenvalue weighted by atomic mass is 19.4. The molecule has 2 N–H and O–H groups in total. The van der Waals surface area contributed by atoms with Gasteiger partial charge in [0.1, 0.15) is 0 Å². The molecule has 0 saturated carbocycles. The van der Waals surface area contributed by atoms with Crippen LogP contribution in [0.5, 0.6) is 0 Å². The van der Waals surface area contributed by atoms with Gasteiger partial charge in [0, 0.05) is 32.1 Å². The van der Waals surface area contributed by atoms with Crippen LogP contribution in [-0.4, -0.2) is 55.0 Å². The number of likely N-dealkylation sites (tertiary alicyclic amines) is 1. The van der Waals surface area contributed by atoms with E-state index < -0.39 is 12.6 Å². The Labute approximate surface area is 106 Å². The number of hydrogen-bond acceptors (Lipinski definition) is 3. The predicted molar refractivity (Wildman–Crippen MR) is 64.4 cm³/mol. The minimum Gasteiger partial charge on any atom is -0.395 e. The van der Waals surface area contributed by atoms with E-state index >= 15 is 0 Å². The second-order valence-electron chi connectivity index (χ2n) is 5.06. The van der Waals surface area contributed by atoms with Crippen LogP contribution in [-0.2, 0) is 0 Å². The number of nitrogens with one attached hydrogen (secondary N) is 1. The van der Waals surface area contributed by atoms with Crippen LogP contribution in [0.3, 0.4) is 0 Å². The summed E-state index contributed by atoms with van der Waals surface area (Å²) in [4.78, 5) is 2.09. The zero-order chi connectivity index (χ0) is 13.6. The van der Waals surface area contributed by atoms with Crippen molar-refractivity contribution in [2.24, 2.45) is 5.92 Å². The number of alkyl halides is 3. The zero-order valence-corrected chi connectivity index (χ0v) is 10.8. The third-order valence-electron chi connectivity index (χ3n) is 3.22. The highest BCUT2D eigenvalue weighted by Gasteiger charge is 2.36. The molecule has 0 bridgehead atoms. The summed E-state index contributed by atoms with van der Waals surface area (Å²) in [5.41, 5.74) is 0. The van der Waals surface area contributed by atoms with Gasteiger partial charge in [-0.25, -0.2) is 0 Å². The molecule has 0 aromatic rings. The van der Waals surface area contributed by atoms with Crippen LogP contribution in [0.15, 0.2) is 0 Å². The molecule has 0 aliphatic carbocycles. The Balaban J connectivity index is 2.50. The van der Waals surface area contributed by atoms with E-state index in [4.69, 9.17) is 5.11 Å². The topological polar surface area (TPSA) is 35.5 Å². The van der Waals surface area contributed by atoms with Crippen molar-refractivity contribution in [1.29, 1.82) is 0 Å². The highest BCUT2D eigenvalue weighted by Crippen LogP contribution is 2.30. The van der Waals surface area contributed by atoms with Crippen LogP contribution >= 0.6 is 0 Å². The number of aliphatic hydroxyl groups is 1. The SMILES string of the molecule is CCCN1CC(CC(F)(F)F)CC(NCCO)C1. The van der Waals surface area contributed by atoms with Crippen molar-refractivity contribution in [3.05, 3.63) is 0 Å². The van der Waals surface area contributed by atoms with Gasteiger partial charge >= 0.3 is 6.18 Å². The van der Waals surface area contributed by atoms with Gasteiger partial charge in [-0.1, -0.05) is 6.92 Å². The lowest BCUT2D eigenvalue weighted by molar-refractivity contribution is -0.148. The van der Waals surface area contributed by atoms with Crippen molar-refractivity contribution in [3.63, 3.8) is 0 Å². The number of hydrogen-bond donors (Lipinski definition) is 2. The molecule has 6 heteroatoms. The van der Waals surface area contributed by atoms with Crippen LogP contribution in [0.25, 0.3) is 0 Å². The minimum absolute atomic E-state index is 0.0220. The van der Waals surface area contributed by atoms with Crippen molar-refractivity contribution in [3.8, 4) is 0 Å². The molecule has 0 aromatic heterocycles. The molecule has 1 aliphatic heterocycles. The average molecular weight is 268 g/mol. The van der Waals surface area contributed by atoms with Gasteiger partial charge in [0.05, 0.1) is 6.61 Å². The van der Waals surface area contributed by atoms with Crippen molar-refractivity contribution in [2.75, 3.05) is 32.8 Å². The number of piperidine rings is 1. The summed E-state index contributed by atoms with van der Waals surface area (Å²) in [7, 11) is 0. The van der Waals surface area contributed by atoms with Gasteiger partial charge in [-0.05, 0) is 25.3 Å². The lowest BCUT2D eigenvalue weighted by Crippen LogP contribution is -2.50. The van der Waals surface area contributed by atoms with Crippen LogP contribution < -0.4 is 5.32 Å². The fourth-order valence-electron chi connectivity index (χ4n) is 2.69. The number of nitrogens with zero attached hydrogens (tertiary/aromatic N) is 1. The first-order valence-electron chi connectivity index (χ1n) is 6.58. The number of rotatable bonds is 6. The molecule has 0 aromatic carbocycles. The summed E-state index contributed by atoms with van der Waals surface area (Å²) in [6.45, 7) is 4.65. The van der Waals surface area contributed by atoms with Gasteiger partial charge in [0.25, 0.3) is 0 Å². The molecule has 1 saturated heterocycles. The molecule has 2 unspecified atom stereocenters. The van der Waals surface area contributed by atoms with E-state index in [-0.39, 0.29) is 18.6 Å². The Morgan fingerprint density at radius 3 is 2.61 bits per heavy atom. The van der Waals surface area contributed by atoms with E-state index in [0.717, 1.165) is 19.5 Å². The minimum atomic E-state index is -4.08. The Morgan fingerprint density at radius 1 is 1.33 bits per heavy atom. The summed E-state index contributed by atoms with van der Waals surface area (Å²) in [5.74, 6) is -0.332. The molecule has 3 nitrogen and oxygen atoms in total. The number of aliphatic hydroxyl groups excluding tert-OH is 1. The second kappa shape index (κ2) is 7.31. The highest BCUT2D eigenvalue weighted by molar-refractivity contribution is 4.84. The first kappa shape index (κ1) is 15.7. The molecule has 1 aliphatic rings. The molecule has 0 radical (unpaired) electrons. The monoisotopic (exact) mass is 268 g/mol. The molecule has 0 spiro atoms. The molecule has 2 atom stereocenters. The molecular formula is C12H23F3N2O. The maximum Gasteiger partial charge on any atom is 0.389 e. The fraction of sp³-hybridized carbons (Fsp3) is 1.00. The Hall–Kier alpha value is -0.330. The van der Waals surface area contributed by atoms with Crippen LogP contribution in [0, 0.1) is 5.92 Å². The third-order valence-corrected chi connectivity index (χ3v) is 3.22. The van der Waals surface area contributed by atoms with Crippen LogP contribution in [0.2, 0.25) is 0 Å². The van der Waals surface area contributed by atoms with E-state index in [1.54, 1.807) is 0 Å². The first-order chi connectivity index (χ1) is 8.44. The molecule has 18 heavy (non-hydrogen) atoms. The van der Waals surface area contributed by atoms with E-state index in [1.807, 2.05) is 6.92 Å². The lowest BCUT2D eigenvalue weighted by atomic mass is 9.91. The molecule has 0 amide bonds. The predicted octanol–water partition coefficient (Wildman–Crippen LogP) is 1.62. The molecule has 1 heterocycles. The number of halogens is 3. The van der Waals surface area contributed by atoms with Gasteiger partial charge in [-0.15, -0.1) is 0 Å². The van der Waals surface area contributed by atoms with Crippen LogP contribution in [0.1, 0.15) is 26.2 Å². The Morgan fingerprint density at radius 2 is 2.06 bits per heavy atom. The molecular weight excluding hydrogens is 245 g/mol. The van der Waals surface area contributed by atoms with E-state index in [0.29, 0.717) is 19.5 Å². The molecule has 1 fully saturated rings. The summed E-state index contributed by atoms with van der Waals surface area (Å²) in [6, 6.07) is 0.0600. The Kier molecular flexibility index (Phi) is 6.38. The van der Waals surface area contributed by atoms with Gasteiger partial charge in [0.15, 0.2) is 0 Å². The second-order valence-corrected chi connectivity index (χ2v) is 5.06. The van der Waals surface area contributed by atoms with Crippen molar-refractivity contribution in [1.82, 2.24) is 10.2 Å². The molecule has 108 valence electrons. The van der Waals surface area contributed by atoms with E-state index in [1.165, 1.54) is 0 Å². The smallest absolute Gasteiger partial charge is 0.389 e. The normalized spacial score (nSPS) is 26.5. The Bertz CT molecular complexity index is 236.